The molecule has 0 spiro atoms. The average molecular weight is 372 g/mol. The maximum atomic E-state index is 9.89. The van der Waals surface area contributed by atoms with Crippen LogP contribution in [0.25, 0.3) is 22.6 Å². The zero-order valence-corrected chi connectivity index (χ0v) is 14.9. The van der Waals surface area contributed by atoms with Crippen molar-refractivity contribution in [2.75, 3.05) is 0 Å². The molecule has 0 radical (unpaired) electrons. The molecule has 23 heavy (non-hydrogen) atoms. The van der Waals surface area contributed by atoms with Crippen molar-refractivity contribution in [3.63, 3.8) is 0 Å². The molecule has 0 bridgehead atoms. The molecule has 0 unspecified atom stereocenters. The van der Waals surface area contributed by atoms with Gasteiger partial charge in [-0.25, -0.2) is 0 Å². The van der Waals surface area contributed by atoms with E-state index in [0.717, 1.165) is 32.3 Å². The summed E-state index contributed by atoms with van der Waals surface area (Å²) in [4.78, 5) is 0. The molecule has 2 aromatic carbocycles. The number of nitrogens with zero attached hydrogens (tertiary/aromatic N) is 1. The predicted molar refractivity (Wildman–Crippen MR) is 95.2 cm³/mol. The van der Waals surface area contributed by atoms with Gasteiger partial charge in [0.2, 0.25) is 0 Å². The van der Waals surface area contributed by atoms with Crippen LogP contribution < -0.4 is 0 Å². The number of benzene rings is 2. The van der Waals surface area contributed by atoms with Crippen molar-refractivity contribution in [2.24, 2.45) is 0 Å². The van der Waals surface area contributed by atoms with Gasteiger partial charge in [0.15, 0.2) is 5.76 Å². The molecule has 0 aliphatic rings. The summed E-state index contributed by atoms with van der Waals surface area (Å²) in [5.74, 6) is 0.653. The Morgan fingerprint density at radius 3 is 2.22 bits per heavy atom. The summed E-state index contributed by atoms with van der Waals surface area (Å²) in [7, 11) is 0. The van der Waals surface area contributed by atoms with Crippen LogP contribution in [0.5, 0.6) is 0 Å². The first-order valence-corrected chi connectivity index (χ1v) is 8.24. The van der Waals surface area contributed by atoms with Gasteiger partial charge in [-0.05, 0) is 44.0 Å². The van der Waals surface area contributed by atoms with Crippen LogP contribution in [0.4, 0.5) is 0 Å². The van der Waals surface area contributed by atoms with Crippen LogP contribution in [0.2, 0.25) is 0 Å². The highest BCUT2D eigenvalue weighted by molar-refractivity contribution is 9.10. The number of hydrogen-bond acceptors (Lipinski definition) is 3. The molecule has 3 nitrogen and oxygen atoms in total. The molecule has 1 heterocycles. The van der Waals surface area contributed by atoms with Crippen LogP contribution in [0.15, 0.2) is 45.4 Å². The third kappa shape index (κ3) is 2.96. The van der Waals surface area contributed by atoms with Crippen LogP contribution in [-0.4, -0.2) is 10.3 Å². The third-order valence-electron chi connectivity index (χ3n) is 3.97. The Morgan fingerprint density at radius 1 is 1.04 bits per heavy atom. The van der Waals surface area contributed by atoms with Crippen molar-refractivity contribution in [1.82, 2.24) is 5.16 Å². The van der Waals surface area contributed by atoms with Gasteiger partial charge in [0.05, 0.1) is 12.2 Å². The van der Waals surface area contributed by atoms with Crippen LogP contribution in [0, 0.1) is 20.8 Å². The van der Waals surface area contributed by atoms with Gasteiger partial charge in [0, 0.05) is 15.6 Å². The van der Waals surface area contributed by atoms with Crippen molar-refractivity contribution >= 4 is 15.9 Å². The lowest BCUT2D eigenvalue weighted by Gasteiger charge is -2.10. The summed E-state index contributed by atoms with van der Waals surface area (Å²) in [5.41, 5.74) is 6.80. The lowest BCUT2D eigenvalue weighted by molar-refractivity contribution is 0.281. The molecule has 0 saturated carbocycles. The Balaban J connectivity index is 2.18. The zero-order valence-electron chi connectivity index (χ0n) is 13.4. The normalized spacial score (nSPS) is 11.0. The lowest BCUT2D eigenvalue weighted by Crippen LogP contribution is -1.94. The Kier molecular flexibility index (Phi) is 4.37. The maximum absolute atomic E-state index is 9.89. The van der Waals surface area contributed by atoms with Gasteiger partial charge in [0.25, 0.3) is 0 Å². The number of halogens is 1. The minimum atomic E-state index is -0.114. The van der Waals surface area contributed by atoms with E-state index in [1.165, 1.54) is 5.56 Å². The highest BCUT2D eigenvalue weighted by atomic mass is 79.9. The van der Waals surface area contributed by atoms with Gasteiger partial charge in [-0.2, -0.15) is 0 Å². The highest BCUT2D eigenvalue weighted by Gasteiger charge is 2.21. The smallest absolute Gasteiger partial charge is 0.173 e. The number of hydrogen-bond donors (Lipinski definition) is 1. The summed E-state index contributed by atoms with van der Waals surface area (Å²) in [6.07, 6.45) is 0. The standard InChI is InChI=1S/C19H18BrNO2/c1-11-8-12(2)17(13(3)9-11)19-16(10-22)18(21-23-19)14-4-6-15(20)7-5-14/h4-9,22H,10H2,1-3H3. The maximum Gasteiger partial charge on any atom is 0.173 e. The van der Waals surface area contributed by atoms with Gasteiger partial charge < -0.3 is 9.63 Å². The van der Waals surface area contributed by atoms with E-state index >= 15 is 0 Å². The van der Waals surface area contributed by atoms with Crippen LogP contribution >= 0.6 is 15.9 Å². The van der Waals surface area contributed by atoms with Crippen molar-refractivity contribution < 1.29 is 9.63 Å². The second kappa shape index (κ2) is 6.30. The molecule has 1 aromatic heterocycles. The highest BCUT2D eigenvalue weighted by Crippen LogP contribution is 2.36. The number of aliphatic hydroxyl groups excluding tert-OH is 1. The second-order valence-corrected chi connectivity index (χ2v) is 6.69. The van der Waals surface area contributed by atoms with E-state index in [1.54, 1.807) is 0 Å². The van der Waals surface area contributed by atoms with E-state index in [4.69, 9.17) is 4.52 Å². The van der Waals surface area contributed by atoms with Gasteiger partial charge in [-0.15, -0.1) is 0 Å². The first-order valence-electron chi connectivity index (χ1n) is 7.45. The van der Waals surface area contributed by atoms with E-state index < -0.39 is 0 Å². The zero-order chi connectivity index (χ0) is 16.6. The van der Waals surface area contributed by atoms with Crippen molar-refractivity contribution in [3.05, 3.63) is 63.1 Å². The summed E-state index contributed by atoms with van der Waals surface area (Å²) in [6.45, 7) is 6.07. The Bertz CT molecular complexity index is 827. The third-order valence-corrected chi connectivity index (χ3v) is 4.50. The monoisotopic (exact) mass is 371 g/mol. The van der Waals surface area contributed by atoms with Gasteiger partial charge in [-0.3, -0.25) is 0 Å². The molecule has 0 amide bonds. The lowest BCUT2D eigenvalue weighted by atomic mass is 9.94. The van der Waals surface area contributed by atoms with Crippen LogP contribution in [0.1, 0.15) is 22.3 Å². The van der Waals surface area contributed by atoms with E-state index in [1.807, 2.05) is 24.3 Å². The first-order chi connectivity index (χ1) is 11.0. The second-order valence-electron chi connectivity index (χ2n) is 5.78. The van der Waals surface area contributed by atoms with E-state index in [2.05, 4.69) is 54.0 Å². The quantitative estimate of drug-likeness (QED) is 0.688. The Labute approximate surface area is 144 Å². The van der Waals surface area contributed by atoms with Gasteiger partial charge in [0.1, 0.15) is 5.69 Å². The fraction of sp³-hybridized carbons (Fsp3) is 0.211. The molecule has 3 aromatic rings. The van der Waals surface area contributed by atoms with Crippen LogP contribution in [0.3, 0.4) is 0 Å². The fourth-order valence-electron chi connectivity index (χ4n) is 3.03. The molecule has 0 atom stereocenters. The summed E-state index contributed by atoms with van der Waals surface area (Å²) >= 11 is 3.43. The number of aryl methyl sites for hydroxylation is 3. The fourth-order valence-corrected chi connectivity index (χ4v) is 3.29. The van der Waals surface area contributed by atoms with E-state index in [0.29, 0.717) is 11.5 Å². The molecule has 4 heteroatoms. The molecule has 0 aliphatic carbocycles. The minimum Gasteiger partial charge on any atom is -0.391 e. The van der Waals surface area contributed by atoms with Crippen molar-refractivity contribution in [1.29, 1.82) is 0 Å². The summed E-state index contributed by atoms with van der Waals surface area (Å²) in [5, 5.41) is 14.1. The Morgan fingerprint density at radius 2 is 1.65 bits per heavy atom. The summed E-state index contributed by atoms with van der Waals surface area (Å²) in [6, 6.07) is 12.1. The first kappa shape index (κ1) is 16.0. The molecule has 0 fully saturated rings. The predicted octanol–water partition coefficient (Wildman–Crippen LogP) is 5.19. The molecule has 1 N–H and O–H groups in total. The SMILES string of the molecule is Cc1cc(C)c(-c2onc(-c3ccc(Br)cc3)c2CO)c(C)c1. The number of rotatable bonds is 3. The van der Waals surface area contributed by atoms with Crippen molar-refractivity contribution in [2.45, 2.75) is 27.4 Å². The molecule has 0 saturated heterocycles. The van der Waals surface area contributed by atoms with E-state index in [-0.39, 0.29) is 6.61 Å². The molecular weight excluding hydrogens is 354 g/mol. The largest absolute Gasteiger partial charge is 0.391 e. The van der Waals surface area contributed by atoms with Crippen LogP contribution in [-0.2, 0) is 6.61 Å². The number of aliphatic hydroxyl groups is 1. The molecule has 118 valence electrons. The Hall–Kier alpha value is -1.91. The molecule has 3 rings (SSSR count). The summed E-state index contributed by atoms with van der Waals surface area (Å²) < 4.78 is 6.64. The number of aromatic nitrogens is 1. The molecule has 0 aliphatic heterocycles. The average Bonchev–Trinajstić information content (AvgIpc) is 2.90. The van der Waals surface area contributed by atoms with Gasteiger partial charge >= 0.3 is 0 Å². The minimum absolute atomic E-state index is 0.114. The molecular formula is C19H18BrNO2. The van der Waals surface area contributed by atoms with E-state index in [9.17, 15) is 5.11 Å². The van der Waals surface area contributed by atoms with Gasteiger partial charge in [-0.1, -0.05) is 50.9 Å². The van der Waals surface area contributed by atoms with Crippen molar-refractivity contribution in [3.8, 4) is 22.6 Å². The topological polar surface area (TPSA) is 46.3 Å².